The summed E-state index contributed by atoms with van der Waals surface area (Å²) < 4.78 is 10.7. The van der Waals surface area contributed by atoms with Crippen molar-refractivity contribution in [3.05, 3.63) is 24.3 Å². The molecule has 0 saturated carbocycles. The number of benzene rings is 1. The largest absolute Gasteiger partial charge is 0.497 e. The molecule has 1 aromatic rings. The maximum absolute atomic E-state index is 11.0. The molecule has 0 radical (unpaired) electrons. The molecule has 1 saturated heterocycles. The molecule has 0 spiro atoms. The third-order valence-electron chi connectivity index (χ3n) is 3.74. The van der Waals surface area contributed by atoms with E-state index in [1.54, 1.807) is 7.11 Å². The maximum Gasteiger partial charge on any atom is 0.308 e. The Morgan fingerprint density at radius 1 is 1.30 bits per heavy atom. The third-order valence-corrected chi connectivity index (χ3v) is 3.74. The van der Waals surface area contributed by atoms with E-state index in [0.717, 1.165) is 24.6 Å². The van der Waals surface area contributed by atoms with Gasteiger partial charge in [-0.15, -0.1) is 0 Å². The van der Waals surface area contributed by atoms with Crippen LogP contribution in [-0.2, 0) is 4.79 Å². The lowest BCUT2D eigenvalue weighted by molar-refractivity contribution is -0.142. The number of ether oxygens (including phenoxy) is 2. The summed E-state index contributed by atoms with van der Waals surface area (Å²) in [7, 11) is 1.63. The van der Waals surface area contributed by atoms with Crippen molar-refractivity contribution in [1.82, 2.24) is 4.90 Å². The van der Waals surface area contributed by atoms with E-state index in [-0.39, 0.29) is 11.8 Å². The van der Waals surface area contributed by atoms with Crippen molar-refractivity contribution in [2.45, 2.75) is 6.92 Å². The Kier molecular flexibility index (Phi) is 4.84. The number of likely N-dealkylation sites (tertiary alicyclic amines) is 1. The first-order valence-electron chi connectivity index (χ1n) is 6.82. The van der Waals surface area contributed by atoms with E-state index in [1.807, 2.05) is 31.2 Å². The van der Waals surface area contributed by atoms with Crippen LogP contribution in [0.1, 0.15) is 6.92 Å². The number of hydrogen-bond acceptors (Lipinski definition) is 4. The Balaban J connectivity index is 1.74. The summed E-state index contributed by atoms with van der Waals surface area (Å²) in [5.74, 6) is 0.850. The van der Waals surface area contributed by atoms with Gasteiger partial charge in [-0.3, -0.25) is 9.69 Å². The summed E-state index contributed by atoms with van der Waals surface area (Å²) in [5.41, 5.74) is 0. The van der Waals surface area contributed by atoms with Crippen LogP contribution in [0, 0.1) is 11.8 Å². The Labute approximate surface area is 119 Å². The summed E-state index contributed by atoms with van der Waals surface area (Å²) in [6.07, 6.45) is 0. The highest BCUT2D eigenvalue weighted by atomic mass is 16.5. The van der Waals surface area contributed by atoms with Gasteiger partial charge in [0.1, 0.15) is 18.1 Å². The van der Waals surface area contributed by atoms with Gasteiger partial charge in [0.15, 0.2) is 0 Å². The molecule has 0 amide bonds. The summed E-state index contributed by atoms with van der Waals surface area (Å²) in [4.78, 5) is 13.2. The third kappa shape index (κ3) is 3.63. The first-order chi connectivity index (χ1) is 9.60. The monoisotopic (exact) mass is 279 g/mol. The molecular weight excluding hydrogens is 258 g/mol. The van der Waals surface area contributed by atoms with Gasteiger partial charge in [-0.25, -0.2) is 0 Å². The van der Waals surface area contributed by atoms with Gasteiger partial charge < -0.3 is 14.6 Å². The van der Waals surface area contributed by atoms with Gasteiger partial charge in [0.05, 0.1) is 13.0 Å². The predicted molar refractivity (Wildman–Crippen MR) is 75.2 cm³/mol. The van der Waals surface area contributed by atoms with Crippen LogP contribution in [0.5, 0.6) is 11.5 Å². The zero-order valence-electron chi connectivity index (χ0n) is 11.9. The van der Waals surface area contributed by atoms with E-state index in [1.165, 1.54) is 0 Å². The number of aliphatic carboxylic acids is 1. The normalized spacial score (nSPS) is 22.7. The molecule has 5 nitrogen and oxygen atoms in total. The second kappa shape index (κ2) is 6.61. The van der Waals surface area contributed by atoms with Crippen LogP contribution >= 0.6 is 0 Å². The van der Waals surface area contributed by atoms with E-state index in [9.17, 15) is 4.79 Å². The summed E-state index contributed by atoms with van der Waals surface area (Å²) in [5, 5.41) is 9.08. The zero-order chi connectivity index (χ0) is 14.5. The van der Waals surface area contributed by atoms with Gasteiger partial charge in [-0.1, -0.05) is 6.92 Å². The minimum Gasteiger partial charge on any atom is -0.497 e. The number of carboxylic acids is 1. The molecule has 0 bridgehead atoms. The van der Waals surface area contributed by atoms with E-state index in [2.05, 4.69) is 4.90 Å². The molecule has 2 unspecified atom stereocenters. The molecule has 0 aromatic heterocycles. The summed E-state index contributed by atoms with van der Waals surface area (Å²) in [6, 6.07) is 7.44. The molecule has 1 aromatic carbocycles. The Morgan fingerprint density at radius 3 is 2.50 bits per heavy atom. The minimum atomic E-state index is -0.698. The van der Waals surface area contributed by atoms with Gasteiger partial charge >= 0.3 is 5.97 Å². The number of carbonyl (C=O) groups is 1. The van der Waals surface area contributed by atoms with Crippen molar-refractivity contribution in [3.8, 4) is 11.5 Å². The molecular formula is C15H21NO4. The van der Waals surface area contributed by atoms with Crippen LogP contribution in [-0.4, -0.2) is 49.3 Å². The van der Waals surface area contributed by atoms with Gasteiger partial charge in [0.2, 0.25) is 0 Å². The lowest BCUT2D eigenvalue weighted by Gasteiger charge is -2.15. The molecule has 2 rings (SSSR count). The maximum atomic E-state index is 11.0. The van der Waals surface area contributed by atoms with Crippen molar-refractivity contribution in [3.63, 3.8) is 0 Å². The number of nitrogens with zero attached hydrogens (tertiary/aromatic N) is 1. The number of carboxylic acid groups (broad SMARTS) is 1. The van der Waals surface area contributed by atoms with Crippen LogP contribution in [0.25, 0.3) is 0 Å². The molecule has 0 aliphatic carbocycles. The quantitative estimate of drug-likeness (QED) is 0.859. The van der Waals surface area contributed by atoms with E-state index < -0.39 is 5.97 Å². The van der Waals surface area contributed by atoms with Crippen molar-refractivity contribution >= 4 is 5.97 Å². The minimum absolute atomic E-state index is 0.202. The fraction of sp³-hybridized carbons (Fsp3) is 0.533. The number of hydrogen-bond donors (Lipinski definition) is 1. The molecule has 1 N–H and O–H groups in total. The van der Waals surface area contributed by atoms with E-state index in [4.69, 9.17) is 14.6 Å². The van der Waals surface area contributed by atoms with Crippen molar-refractivity contribution < 1.29 is 19.4 Å². The first kappa shape index (κ1) is 14.7. The molecule has 1 aliphatic heterocycles. The molecule has 5 heteroatoms. The Morgan fingerprint density at radius 2 is 1.95 bits per heavy atom. The summed E-state index contributed by atoms with van der Waals surface area (Å²) >= 11 is 0. The van der Waals surface area contributed by atoms with Crippen LogP contribution in [0.2, 0.25) is 0 Å². The lowest BCUT2D eigenvalue weighted by Crippen LogP contribution is -2.27. The van der Waals surface area contributed by atoms with Crippen LogP contribution in [0.4, 0.5) is 0 Å². The predicted octanol–water partition coefficient (Wildman–Crippen LogP) is 1.73. The smallest absolute Gasteiger partial charge is 0.308 e. The average molecular weight is 279 g/mol. The van der Waals surface area contributed by atoms with Crippen molar-refractivity contribution in [2.75, 3.05) is 33.4 Å². The number of methoxy groups -OCH3 is 1. The summed E-state index contributed by atoms with van der Waals surface area (Å²) in [6.45, 7) is 4.74. The van der Waals surface area contributed by atoms with Crippen LogP contribution in [0.3, 0.4) is 0 Å². The van der Waals surface area contributed by atoms with Crippen molar-refractivity contribution in [2.24, 2.45) is 11.8 Å². The van der Waals surface area contributed by atoms with Crippen molar-refractivity contribution in [1.29, 1.82) is 0 Å². The standard InChI is InChI=1S/C15H21NO4/c1-11-9-16(10-14(11)15(17)18)7-8-20-13-5-3-12(19-2)4-6-13/h3-6,11,14H,7-10H2,1-2H3,(H,17,18). The molecule has 2 atom stereocenters. The second-order valence-electron chi connectivity index (χ2n) is 5.21. The first-order valence-corrected chi connectivity index (χ1v) is 6.82. The van der Waals surface area contributed by atoms with Crippen LogP contribution in [0.15, 0.2) is 24.3 Å². The van der Waals surface area contributed by atoms with Crippen LogP contribution < -0.4 is 9.47 Å². The number of rotatable bonds is 6. The van der Waals surface area contributed by atoms with Gasteiger partial charge in [0.25, 0.3) is 0 Å². The van der Waals surface area contributed by atoms with E-state index >= 15 is 0 Å². The van der Waals surface area contributed by atoms with E-state index in [0.29, 0.717) is 13.2 Å². The molecule has 1 aliphatic rings. The Hall–Kier alpha value is -1.75. The molecule has 1 fully saturated rings. The van der Waals surface area contributed by atoms with Gasteiger partial charge in [-0.05, 0) is 30.2 Å². The molecule has 1 heterocycles. The fourth-order valence-electron chi connectivity index (χ4n) is 2.54. The molecule has 20 heavy (non-hydrogen) atoms. The molecule has 110 valence electrons. The van der Waals surface area contributed by atoms with Gasteiger partial charge in [-0.2, -0.15) is 0 Å². The average Bonchev–Trinajstić information content (AvgIpc) is 2.81. The fourth-order valence-corrected chi connectivity index (χ4v) is 2.54. The second-order valence-corrected chi connectivity index (χ2v) is 5.21. The SMILES string of the molecule is COc1ccc(OCCN2CC(C)C(C(=O)O)C2)cc1. The topological polar surface area (TPSA) is 59.0 Å². The zero-order valence-corrected chi connectivity index (χ0v) is 11.9. The highest BCUT2D eigenvalue weighted by Crippen LogP contribution is 2.23. The highest BCUT2D eigenvalue weighted by molar-refractivity contribution is 5.71. The highest BCUT2D eigenvalue weighted by Gasteiger charge is 2.34. The van der Waals surface area contributed by atoms with Gasteiger partial charge in [0, 0.05) is 19.6 Å². The Bertz CT molecular complexity index is 446. The lowest BCUT2D eigenvalue weighted by atomic mass is 9.99.